The van der Waals surface area contributed by atoms with E-state index in [0.717, 1.165) is 24.0 Å². The van der Waals surface area contributed by atoms with Crippen molar-refractivity contribution in [2.24, 2.45) is 0 Å². The van der Waals surface area contributed by atoms with E-state index in [9.17, 15) is 0 Å². The molecule has 0 spiro atoms. The lowest BCUT2D eigenvalue weighted by atomic mass is 10.1. The summed E-state index contributed by atoms with van der Waals surface area (Å²) in [5.41, 5.74) is 0.157. The van der Waals surface area contributed by atoms with E-state index >= 15 is 0 Å². The van der Waals surface area contributed by atoms with E-state index < -0.39 is 0 Å². The normalized spacial score (nSPS) is 12.4. The van der Waals surface area contributed by atoms with E-state index in [1.54, 1.807) is 11.3 Å². The molecule has 0 aliphatic rings. The van der Waals surface area contributed by atoms with E-state index in [4.69, 9.17) is 11.6 Å². The molecule has 0 atom stereocenters. The van der Waals surface area contributed by atoms with Gasteiger partial charge in [-0.15, -0.1) is 11.3 Å². The largest absolute Gasteiger partial charge is 0.311 e. The van der Waals surface area contributed by atoms with Crippen LogP contribution in [-0.4, -0.2) is 30.6 Å². The fourth-order valence-electron chi connectivity index (χ4n) is 1.97. The lowest BCUT2D eigenvalue weighted by Crippen LogP contribution is -2.47. The predicted molar refractivity (Wildman–Crippen MR) is 73.4 cm³/mol. The third kappa shape index (κ3) is 4.83. The van der Waals surface area contributed by atoms with Gasteiger partial charge in [0.25, 0.3) is 0 Å². The highest BCUT2D eigenvalue weighted by atomic mass is 35.5. The van der Waals surface area contributed by atoms with Gasteiger partial charge in [0.1, 0.15) is 0 Å². The number of hydrogen-bond acceptors (Lipinski definition) is 3. The minimum absolute atomic E-state index is 0.157. The van der Waals surface area contributed by atoms with E-state index in [1.165, 1.54) is 4.88 Å². The molecular formula is C12H21ClN2S. The van der Waals surface area contributed by atoms with Crippen LogP contribution in [0.15, 0.2) is 12.1 Å². The predicted octanol–water partition coefficient (Wildman–Crippen LogP) is 3.22. The topological polar surface area (TPSA) is 15.3 Å². The van der Waals surface area contributed by atoms with Crippen molar-refractivity contribution >= 4 is 22.9 Å². The van der Waals surface area contributed by atoms with Crippen LogP contribution in [0, 0.1) is 0 Å². The number of nitrogens with one attached hydrogen (secondary N) is 1. The van der Waals surface area contributed by atoms with Crippen LogP contribution in [0.1, 0.15) is 25.6 Å². The van der Waals surface area contributed by atoms with Crippen molar-refractivity contribution in [2.45, 2.75) is 32.9 Å². The van der Waals surface area contributed by atoms with Crippen molar-refractivity contribution in [3.05, 3.63) is 21.3 Å². The number of halogens is 1. The van der Waals surface area contributed by atoms with Crippen LogP contribution in [0.4, 0.5) is 0 Å². The fourth-order valence-corrected chi connectivity index (χ4v) is 3.14. The standard InChI is InChI=1S/C12H21ClN2S/c1-5-14-12(2,3)9-15(4)8-10-6-7-11(13)16-10/h6-7,14H,5,8-9H2,1-4H3. The van der Waals surface area contributed by atoms with E-state index in [2.05, 4.69) is 44.1 Å². The summed E-state index contributed by atoms with van der Waals surface area (Å²) in [4.78, 5) is 3.64. The molecule has 0 fully saturated rings. The molecule has 0 radical (unpaired) electrons. The van der Waals surface area contributed by atoms with Gasteiger partial charge < -0.3 is 5.32 Å². The highest BCUT2D eigenvalue weighted by molar-refractivity contribution is 7.16. The smallest absolute Gasteiger partial charge is 0.0931 e. The zero-order valence-electron chi connectivity index (χ0n) is 10.5. The molecule has 92 valence electrons. The first-order valence-electron chi connectivity index (χ1n) is 5.61. The summed E-state index contributed by atoms with van der Waals surface area (Å²) in [5.74, 6) is 0. The molecular weight excluding hydrogens is 240 g/mol. The molecule has 0 aliphatic carbocycles. The lowest BCUT2D eigenvalue weighted by molar-refractivity contribution is 0.233. The molecule has 0 saturated heterocycles. The van der Waals surface area contributed by atoms with E-state index in [1.807, 2.05) is 6.07 Å². The maximum absolute atomic E-state index is 5.91. The van der Waals surface area contributed by atoms with Gasteiger partial charge in [0.15, 0.2) is 0 Å². The van der Waals surface area contributed by atoms with Gasteiger partial charge in [0.05, 0.1) is 4.34 Å². The van der Waals surface area contributed by atoms with Crippen LogP contribution >= 0.6 is 22.9 Å². The summed E-state index contributed by atoms with van der Waals surface area (Å²) in [6.45, 7) is 9.60. The maximum atomic E-state index is 5.91. The van der Waals surface area contributed by atoms with Crippen molar-refractivity contribution in [1.29, 1.82) is 0 Å². The molecule has 1 heterocycles. The Hall–Kier alpha value is -0.0900. The van der Waals surface area contributed by atoms with Gasteiger partial charge in [-0.1, -0.05) is 18.5 Å². The molecule has 1 aromatic heterocycles. The summed E-state index contributed by atoms with van der Waals surface area (Å²) in [5, 5.41) is 3.48. The van der Waals surface area contributed by atoms with Gasteiger partial charge in [0, 0.05) is 23.5 Å². The molecule has 1 N–H and O–H groups in total. The summed E-state index contributed by atoms with van der Waals surface area (Å²) >= 11 is 7.57. The molecule has 1 aromatic rings. The number of rotatable bonds is 6. The Balaban J connectivity index is 2.44. The molecule has 1 rings (SSSR count). The Morgan fingerprint density at radius 3 is 2.62 bits per heavy atom. The van der Waals surface area contributed by atoms with Crippen molar-refractivity contribution in [1.82, 2.24) is 10.2 Å². The first kappa shape index (κ1) is 14.0. The third-order valence-electron chi connectivity index (χ3n) is 2.38. The lowest BCUT2D eigenvalue weighted by Gasteiger charge is -2.30. The number of likely N-dealkylation sites (N-methyl/N-ethyl adjacent to an activating group) is 2. The minimum atomic E-state index is 0.157. The average molecular weight is 261 g/mol. The SMILES string of the molecule is CCNC(C)(C)CN(C)Cc1ccc(Cl)s1. The molecule has 0 saturated carbocycles. The van der Waals surface area contributed by atoms with Crippen LogP contribution in [-0.2, 0) is 6.54 Å². The van der Waals surface area contributed by atoms with Crippen molar-refractivity contribution in [2.75, 3.05) is 20.1 Å². The summed E-state index contributed by atoms with van der Waals surface area (Å²) < 4.78 is 0.870. The monoisotopic (exact) mass is 260 g/mol. The first-order valence-corrected chi connectivity index (χ1v) is 6.80. The molecule has 16 heavy (non-hydrogen) atoms. The van der Waals surface area contributed by atoms with Gasteiger partial charge in [-0.25, -0.2) is 0 Å². The van der Waals surface area contributed by atoms with Crippen LogP contribution in [0.3, 0.4) is 0 Å². The van der Waals surface area contributed by atoms with Crippen LogP contribution < -0.4 is 5.32 Å². The zero-order valence-corrected chi connectivity index (χ0v) is 12.1. The van der Waals surface area contributed by atoms with E-state index in [-0.39, 0.29) is 5.54 Å². The number of nitrogens with zero attached hydrogens (tertiary/aromatic N) is 1. The highest BCUT2D eigenvalue weighted by Gasteiger charge is 2.18. The zero-order chi connectivity index (χ0) is 12.2. The summed E-state index contributed by atoms with van der Waals surface area (Å²) in [7, 11) is 2.15. The summed E-state index contributed by atoms with van der Waals surface area (Å²) in [6.07, 6.45) is 0. The van der Waals surface area contributed by atoms with Gasteiger partial charge in [-0.3, -0.25) is 4.90 Å². The van der Waals surface area contributed by atoms with Crippen molar-refractivity contribution in [3.63, 3.8) is 0 Å². The van der Waals surface area contributed by atoms with Crippen LogP contribution in [0.25, 0.3) is 0 Å². The molecule has 4 heteroatoms. The third-order valence-corrected chi connectivity index (χ3v) is 3.59. The molecule has 0 unspecified atom stereocenters. The van der Waals surface area contributed by atoms with Crippen molar-refractivity contribution < 1.29 is 0 Å². The summed E-state index contributed by atoms with van der Waals surface area (Å²) in [6, 6.07) is 4.06. The van der Waals surface area contributed by atoms with Gasteiger partial charge in [0.2, 0.25) is 0 Å². The van der Waals surface area contributed by atoms with E-state index in [0.29, 0.717) is 0 Å². The van der Waals surface area contributed by atoms with Crippen molar-refractivity contribution in [3.8, 4) is 0 Å². The minimum Gasteiger partial charge on any atom is -0.311 e. The fraction of sp³-hybridized carbons (Fsp3) is 0.667. The Kier molecular flexibility index (Phi) is 5.25. The number of thiophene rings is 1. The Morgan fingerprint density at radius 2 is 2.12 bits per heavy atom. The highest BCUT2D eigenvalue weighted by Crippen LogP contribution is 2.22. The number of hydrogen-bond donors (Lipinski definition) is 1. The Labute approximate surface area is 108 Å². The van der Waals surface area contributed by atoms with Gasteiger partial charge in [-0.05, 0) is 39.6 Å². The second kappa shape index (κ2) is 6.01. The molecule has 0 bridgehead atoms. The molecule has 0 aromatic carbocycles. The van der Waals surface area contributed by atoms with Gasteiger partial charge in [-0.2, -0.15) is 0 Å². The van der Waals surface area contributed by atoms with Gasteiger partial charge >= 0.3 is 0 Å². The quantitative estimate of drug-likeness (QED) is 0.845. The Morgan fingerprint density at radius 1 is 1.44 bits per heavy atom. The second-order valence-electron chi connectivity index (χ2n) is 4.79. The Bertz CT molecular complexity index is 323. The molecule has 2 nitrogen and oxygen atoms in total. The molecule has 0 amide bonds. The average Bonchev–Trinajstić information content (AvgIpc) is 2.49. The maximum Gasteiger partial charge on any atom is 0.0931 e. The van der Waals surface area contributed by atoms with Crippen LogP contribution in [0.2, 0.25) is 4.34 Å². The molecule has 0 aliphatic heterocycles. The first-order chi connectivity index (χ1) is 7.43. The second-order valence-corrected chi connectivity index (χ2v) is 6.59. The van der Waals surface area contributed by atoms with Crippen LogP contribution in [0.5, 0.6) is 0 Å².